The minimum Gasteiger partial charge on any atom is -0.354 e. The van der Waals surface area contributed by atoms with Crippen molar-refractivity contribution in [3.05, 3.63) is 28.6 Å². The number of anilines is 1. The van der Waals surface area contributed by atoms with E-state index in [4.69, 9.17) is 0 Å². The Balaban J connectivity index is 1.35. The number of tetrazole rings is 1. The molecule has 2 aliphatic rings. The Bertz CT molecular complexity index is 629. The predicted molar refractivity (Wildman–Crippen MR) is 85.5 cm³/mol. The van der Waals surface area contributed by atoms with Crippen molar-refractivity contribution in [3.63, 3.8) is 0 Å². The van der Waals surface area contributed by atoms with E-state index in [2.05, 4.69) is 52.3 Å². The maximum Gasteiger partial charge on any atom is 0.165 e. The van der Waals surface area contributed by atoms with Gasteiger partial charge in [-0.1, -0.05) is 0 Å². The second-order valence-electron chi connectivity index (χ2n) is 5.87. The molecule has 0 atom stereocenters. The third-order valence-electron chi connectivity index (χ3n) is 4.23. The monoisotopic (exact) mass is 363 g/mol. The lowest BCUT2D eigenvalue weighted by molar-refractivity contribution is 0.238. The zero-order valence-corrected chi connectivity index (χ0v) is 13.9. The highest BCUT2D eigenvalue weighted by Crippen LogP contribution is 2.34. The van der Waals surface area contributed by atoms with Gasteiger partial charge >= 0.3 is 0 Å². The van der Waals surface area contributed by atoms with Crippen molar-refractivity contribution < 1.29 is 0 Å². The highest BCUT2D eigenvalue weighted by Gasteiger charge is 2.28. The van der Waals surface area contributed by atoms with Crippen LogP contribution >= 0.6 is 15.9 Å². The summed E-state index contributed by atoms with van der Waals surface area (Å²) in [6.07, 6.45) is 4.27. The average Bonchev–Trinajstić information content (AvgIpc) is 3.29. The van der Waals surface area contributed by atoms with Gasteiger partial charge in [0.25, 0.3) is 0 Å². The van der Waals surface area contributed by atoms with Crippen LogP contribution in [0.4, 0.5) is 5.82 Å². The van der Waals surface area contributed by atoms with Gasteiger partial charge in [-0.15, -0.1) is 5.10 Å². The molecule has 0 aromatic carbocycles. The van der Waals surface area contributed by atoms with E-state index in [1.807, 2.05) is 16.9 Å². The van der Waals surface area contributed by atoms with E-state index in [0.29, 0.717) is 6.04 Å². The molecule has 1 aliphatic carbocycles. The van der Waals surface area contributed by atoms with Crippen LogP contribution in [-0.2, 0) is 6.54 Å². The van der Waals surface area contributed by atoms with Crippen LogP contribution in [0.15, 0.2) is 22.8 Å². The largest absolute Gasteiger partial charge is 0.354 e. The van der Waals surface area contributed by atoms with E-state index in [1.54, 1.807) is 0 Å². The molecule has 0 bridgehead atoms. The Kier molecular flexibility index (Phi) is 3.79. The van der Waals surface area contributed by atoms with Crippen LogP contribution in [0.3, 0.4) is 0 Å². The third kappa shape index (κ3) is 2.98. The molecule has 2 aromatic rings. The smallest absolute Gasteiger partial charge is 0.165 e. The fourth-order valence-corrected chi connectivity index (χ4v) is 3.04. The fraction of sp³-hybridized carbons (Fsp3) is 0.571. The Morgan fingerprint density at radius 3 is 2.64 bits per heavy atom. The lowest BCUT2D eigenvalue weighted by Crippen LogP contribution is -2.46. The second kappa shape index (κ2) is 5.92. The molecule has 0 unspecified atom stereocenters. The first kappa shape index (κ1) is 14.1. The van der Waals surface area contributed by atoms with Crippen molar-refractivity contribution in [3.8, 4) is 0 Å². The topological polar surface area (TPSA) is 63.0 Å². The van der Waals surface area contributed by atoms with Crippen LogP contribution in [0.5, 0.6) is 0 Å². The molecule has 7 nitrogen and oxygen atoms in total. The van der Waals surface area contributed by atoms with Crippen LogP contribution in [-0.4, -0.2) is 56.3 Å². The standard InChI is InChI=1S/C14H18BrN7/c15-11-1-4-13(16-9-11)21-7-5-20(6-8-21)10-14-17-18-19-22(14)12-2-3-12/h1,4,9,12H,2-3,5-8,10H2. The molecule has 2 fully saturated rings. The van der Waals surface area contributed by atoms with Gasteiger partial charge in [-0.25, -0.2) is 9.67 Å². The van der Waals surface area contributed by atoms with Crippen LogP contribution in [0.25, 0.3) is 0 Å². The predicted octanol–water partition coefficient (Wildman–Crippen LogP) is 1.49. The van der Waals surface area contributed by atoms with Gasteiger partial charge in [0.2, 0.25) is 0 Å². The van der Waals surface area contributed by atoms with Gasteiger partial charge in [-0.2, -0.15) is 0 Å². The normalized spacial score (nSPS) is 19.6. The lowest BCUT2D eigenvalue weighted by atomic mass is 10.3. The van der Waals surface area contributed by atoms with Crippen molar-refractivity contribution in [1.29, 1.82) is 0 Å². The molecule has 0 spiro atoms. The minimum atomic E-state index is 0.540. The SMILES string of the molecule is Brc1ccc(N2CCN(Cc3nnnn3C3CC3)CC2)nc1. The van der Waals surface area contributed by atoms with Crippen molar-refractivity contribution >= 4 is 21.7 Å². The summed E-state index contributed by atoms with van der Waals surface area (Å²) in [5.74, 6) is 2.04. The van der Waals surface area contributed by atoms with Gasteiger partial charge in [0.05, 0.1) is 12.6 Å². The number of hydrogen-bond donors (Lipinski definition) is 0. The van der Waals surface area contributed by atoms with E-state index in [0.717, 1.165) is 48.8 Å². The summed E-state index contributed by atoms with van der Waals surface area (Å²) in [6, 6.07) is 4.64. The summed E-state index contributed by atoms with van der Waals surface area (Å²) in [7, 11) is 0. The summed E-state index contributed by atoms with van der Waals surface area (Å²) in [4.78, 5) is 9.22. The molecular formula is C14H18BrN7. The van der Waals surface area contributed by atoms with Gasteiger partial charge in [0, 0.05) is 36.8 Å². The summed E-state index contributed by atoms with van der Waals surface area (Å²) in [5.41, 5.74) is 0. The molecule has 2 aromatic heterocycles. The van der Waals surface area contributed by atoms with Crippen LogP contribution in [0.1, 0.15) is 24.7 Å². The summed E-state index contributed by atoms with van der Waals surface area (Å²) < 4.78 is 3.02. The second-order valence-corrected chi connectivity index (χ2v) is 6.78. The van der Waals surface area contributed by atoms with Crippen LogP contribution in [0, 0.1) is 0 Å². The summed E-state index contributed by atoms with van der Waals surface area (Å²) >= 11 is 3.43. The van der Waals surface area contributed by atoms with Gasteiger partial charge < -0.3 is 4.90 Å². The average molecular weight is 364 g/mol. The molecule has 3 heterocycles. The number of halogens is 1. The minimum absolute atomic E-state index is 0.540. The van der Waals surface area contributed by atoms with Crippen molar-refractivity contribution in [1.82, 2.24) is 30.1 Å². The highest BCUT2D eigenvalue weighted by atomic mass is 79.9. The summed E-state index contributed by atoms with van der Waals surface area (Å²) in [5, 5.41) is 12.1. The first-order chi connectivity index (χ1) is 10.8. The quantitative estimate of drug-likeness (QED) is 0.819. The first-order valence-corrected chi connectivity index (χ1v) is 8.44. The molecule has 1 aliphatic heterocycles. The molecule has 8 heteroatoms. The Morgan fingerprint density at radius 1 is 1.14 bits per heavy atom. The third-order valence-corrected chi connectivity index (χ3v) is 4.70. The summed E-state index contributed by atoms with van der Waals surface area (Å²) in [6.45, 7) is 4.83. The van der Waals surface area contributed by atoms with Gasteiger partial charge in [-0.05, 0) is 51.3 Å². The Hall–Kier alpha value is -1.54. The Morgan fingerprint density at radius 2 is 1.95 bits per heavy atom. The number of nitrogens with zero attached hydrogens (tertiary/aromatic N) is 7. The number of pyridine rings is 1. The molecule has 0 N–H and O–H groups in total. The first-order valence-electron chi connectivity index (χ1n) is 7.65. The maximum atomic E-state index is 4.47. The molecule has 0 amide bonds. The molecular weight excluding hydrogens is 346 g/mol. The van der Waals surface area contributed by atoms with E-state index in [1.165, 1.54) is 12.8 Å². The number of piperazine rings is 1. The number of rotatable bonds is 4. The zero-order valence-electron chi connectivity index (χ0n) is 12.3. The molecule has 116 valence electrons. The van der Waals surface area contributed by atoms with Crippen molar-refractivity contribution in [2.24, 2.45) is 0 Å². The molecule has 1 saturated heterocycles. The molecule has 4 rings (SSSR count). The zero-order chi connectivity index (χ0) is 14.9. The van der Waals surface area contributed by atoms with Crippen LogP contribution < -0.4 is 4.90 Å². The van der Waals surface area contributed by atoms with Crippen molar-refractivity contribution in [2.45, 2.75) is 25.4 Å². The fourth-order valence-electron chi connectivity index (χ4n) is 2.81. The molecule has 0 radical (unpaired) electrons. The van der Waals surface area contributed by atoms with Gasteiger partial charge in [0.15, 0.2) is 5.82 Å². The number of hydrogen-bond acceptors (Lipinski definition) is 6. The van der Waals surface area contributed by atoms with Crippen LogP contribution in [0.2, 0.25) is 0 Å². The van der Waals surface area contributed by atoms with Gasteiger partial charge in [-0.3, -0.25) is 4.90 Å². The lowest BCUT2D eigenvalue weighted by Gasteiger charge is -2.35. The highest BCUT2D eigenvalue weighted by molar-refractivity contribution is 9.10. The molecule has 1 saturated carbocycles. The van der Waals surface area contributed by atoms with E-state index >= 15 is 0 Å². The van der Waals surface area contributed by atoms with E-state index < -0.39 is 0 Å². The van der Waals surface area contributed by atoms with Crippen molar-refractivity contribution in [2.75, 3.05) is 31.1 Å². The molecule has 22 heavy (non-hydrogen) atoms. The number of aromatic nitrogens is 5. The van der Waals surface area contributed by atoms with E-state index in [9.17, 15) is 0 Å². The Labute approximate surface area is 137 Å². The van der Waals surface area contributed by atoms with E-state index in [-0.39, 0.29) is 0 Å². The maximum absolute atomic E-state index is 4.47. The van der Waals surface area contributed by atoms with Gasteiger partial charge in [0.1, 0.15) is 5.82 Å².